The van der Waals surface area contributed by atoms with Crippen LogP contribution in [0.25, 0.3) is 16.6 Å². The second-order valence-corrected chi connectivity index (χ2v) is 7.16. The predicted molar refractivity (Wildman–Crippen MR) is 110 cm³/mol. The van der Waals surface area contributed by atoms with E-state index in [9.17, 15) is 4.79 Å². The van der Waals surface area contributed by atoms with E-state index in [0.29, 0.717) is 5.56 Å². The van der Waals surface area contributed by atoms with Crippen molar-refractivity contribution < 1.29 is 4.79 Å². The Morgan fingerprint density at radius 3 is 2.57 bits per heavy atom. The minimum Gasteiger partial charge on any atom is -0.358 e. The normalized spacial score (nSPS) is 12.3. The lowest BCUT2D eigenvalue weighted by molar-refractivity contribution is 0.0743. The maximum Gasteiger partial charge on any atom is 0.254 e. The van der Waals surface area contributed by atoms with Crippen molar-refractivity contribution in [3.63, 3.8) is 0 Å². The third kappa shape index (κ3) is 3.07. The van der Waals surface area contributed by atoms with Gasteiger partial charge in [-0.2, -0.15) is 5.10 Å². The predicted octanol–water partition coefficient (Wildman–Crippen LogP) is 4.20. The monoisotopic (exact) mass is 373 g/mol. The third-order valence-electron chi connectivity index (χ3n) is 5.52. The number of aromatic amines is 1. The van der Waals surface area contributed by atoms with Gasteiger partial charge in [0.25, 0.3) is 5.91 Å². The first-order chi connectivity index (χ1) is 13.5. The van der Waals surface area contributed by atoms with Gasteiger partial charge in [-0.05, 0) is 62.2 Å². The van der Waals surface area contributed by atoms with Crippen molar-refractivity contribution in [2.24, 2.45) is 0 Å². The van der Waals surface area contributed by atoms with Gasteiger partial charge in [0.2, 0.25) is 0 Å². The summed E-state index contributed by atoms with van der Waals surface area (Å²) in [4.78, 5) is 22.2. The van der Waals surface area contributed by atoms with Gasteiger partial charge < -0.3 is 9.88 Å². The molecule has 0 saturated carbocycles. The molecule has 6 nitrogen and oxygen atoms in total. The lowest BCUT2D eigenvalue weighted by atomic mass is 10.0. The van der Waals surface area contributed by atoms with Gasteiger partial charge in [0, 0.05) is 29.2 Å². The van der Waals surface area contributed by atoms with Crippen molar-refractivity contribution >= 4 is 16.8 Å². The molecule has 1 atom stereocenters. The van der Waals surface area contributed by atoms with Crippen molar-refractivity contribution in [2.45, 2.75) is 26.8 Å². The first-order valence-electron chi connectivity index (χ1n) is 9.26. The highest BCUT2D eigenvalue weighted by Gasteiger charge is 2.20. The fourth-order valence-electron chi connectivity index (χ4n) is 3.44. The summed E-state index contributed by atoms with van der Waals surface area (Å²) < 4.78 is 1.71. The molecule has 0 aliphatic heterocycles. The van der Waals surface area contributed by atoms with E-state index in [2.05, 4.69) is 22.0 Å². The van der Waals surface area contributed by atoms with Crippen molar-refractivity contribution in [1.82, 2.24) is 24.6 Å². The van der Waals surface area contributed by atoms with Gasteiger partial charge in [0.1, 0.15) is 12.7 Å². The Morgan fingerprint density at radius 1 is 1.14 bits per heavy atom. The summed E-state index contributed by atoms with van der Waals surface area (Å²) in [7, 11) is 1.84. The fourth-order valence-corrected chi connectivity index (χ4v) is 3.44. The Balaban J connectivity index is 1.57. The van der Waals surface area contributed by atoms with Crippen LogP contribution in [0.2, 0.25) is 0 Å². The van der Waals surface area contributed by atoms with Crippen LogP contribution in [-0.4, -0.2) is 37.6 Å². The van der Waals surface area contributed by atoms with Crippen LogP contribution >= 0.6 is 0 Å². The molecular formula is C22H23N5O. The highest BCUT2D eigenvalue weighted by molar-refractivity contribution is 5.99. The summed E-state index contributed by atoms with van der Waals surface area (Å²) in [5, 5.41) is 5.23. The van der Waals surface area contributed by atoms with E-state index < -0.39 is 0 Å². The van der Waals surface area contributed by atoms with Crippen LogP contribution in [0.5, 0.6) is 0 Å². The van der Waals surface area contributed by atoms with Gasteiger partial charge in [-0.25, -0.2) is 9.67 Å². The molecule has 0 spiro atoms. The first kappa shape index (κ1) is 18.0. The molecule has 0 saturated heterocycles. The summed E-state index contributed by atoms with van der Waals surface area (Å²) in [6.07, 6.45) is 3.17. The maximum atomic E-state index is 13.1. The Hall–Kier alpha value is -3.41. The zero-order chi connectivity index (χ0) is 19.8. The zero-order valence-corrected chi connectivity index (χ0v) is 16.5. The topological polar surface area (TPSA) is 66.8 Å². The Kier molecular flexibility index (Phi) is 4.47. The highest BCUT2D eigenvalue weighted by atomic mass is 16.2. The average molecular weight is 373 g/mol. The van der Waals surface area contributed by atoms with E-state index in [1.54, 1.807) is 15.9 Å². The van der Waals surface area contributed by atoms with Gasteiger partial charge in [-0.1, -0.05) is 12.1 Å². The summed E-state index contributed by atoms with van der Waals surface area (Å²) in [6, 6.07) is 13.8. The average Bonchev–Trinajstić information content (AvgIpc) is 3.35. The smallest absolute Gasteiger partial charge is 0.254 e. The van der Waals surface area contributed by atoms with E-state index in [-0.39, 0.29) is 11.9 Å². The van der Waals surface area contributed by atoms with Gasteiger partial charge in [-0.15, -0.1) is 0 Å². The molecule has 0 aliphatic rings. The van der Waals surface area contributed by atoms with Crippen LogP contribution in [-0.2, 0) is 0 Å². The van der Waals surface area contributed by atoms with Crippen molar-refractivity contribution in [2.75, 3.05) is 7.05 Å². The van der Waals surface area contributed by atoms with E-state index in [1.807, 2.05) is 63.4 Å². The molecule has 0 bridgehead atoms. The molecule has 1 N–H and O–H groups in total. The standard InChI is InChI=1S/C22H23N5O/c1-14-15(2)25-21-10-7-18(11-20(14)21)22(28)26(4)16(3)17-5-8-19(9-6-17)27-13-23-12-24-27/h5-13,16,25H,1-4H3. The van der Waals surface area contributed by atoms with E-state index >= 15 is 0 Å². The number of amides is 1. The number of aryl methyl sites for hydroxylation is 2. The number of nitrogens with one attached hydrogen (secondary N) is 1. The van der Waals surface area contributed by atoms with E-state index in [1.165, 1.54) is 11.9 Å². The fraction of sp³-hybridized carbons (Fsp3) is 0.227. The molecule has 0 aliphatic carbocycles. The molecule has 2 heterocycles. The molecule has 4 aromatic rings. The van der Waals surface area contributed by atoms with Crippen molar-refractivity contribution in [1.29, 1.82) is 0 Å². The zero-order valence-electron chi connectivity index (χ0n) is 16.5. The molecule has 28 heavy (non-hydrogen) atoms. The number of aromatic nitrogens is 4. The highest BCUT2D eigenvalue weighted by Crippen LogP contribution is 2.25. The molecule has 0 radical (unpaired) electrons. The Labute approximate surface area is 163 Å². The number of hydrogen-bond acceptors (Lipinski definition) is 3. The van der Waals surface area contributed by atoms with Crippen molar-refractivity contribution in [3.8, 4) is 5.69 Å². The van der Waals surface area contributed by atoms with Gasteiger partial charge in [0.15, 0.2) is 0 Å². The third-order valence-corrected chi connectivity index (χ3v) is 5.52. The number of rotatable bonds is 4. The number of fused-ring (bicyclic) bond motifs is 1. The van der Waals surface area contributed by atoms with E-state index in [0.717, 1.165) is 27.8 Å². The minimum atomic E-state index is -0.0537. The molecule has 1 unspecified atom stereocenters. The van der Waals surface area contributed by atoms with Crippen LogP contribution in [0.4, 0.5) is 0 Å². The minimum absolute atomic E-state index is 0.00741. The van der Waals surface area contributed by atoms with E-state index in [4.69, 9.17) is 0 Å². The lowest BCUT2D eigenvalue weighted by Gasteiger charge is -2.25. The SMILES string of the molecule is Cc1[nH]c2ccc(C(=O)N(C)C(C)c3ccc(-n4cncn4)cc3)cc2c1C. The second-order valence-electron chi connectivity index (χ2n) is 7.16. The number of H-pyrrole nitrogens is 1. The quantitative estimate of drug-likeness (QED) is 0.583. The van der Waals surface area contributed by atoms with Gasteiger partial charge in [-0.3, -0.25) is 4.79 Å². The van der Waals surface area contributed by atoms with Gasteiger partial charge in [0.05, 0.1) is 11.7 Å². The molecule has 0 fully saturated rings. The molecular weight excluding hydrogens is 350 g/mol. The second kappa shape index (κ2) is 6.96. The number of nitrogens with zero attached hydrogens (tertiary/aromatic N) is 4. The number of hydrogen-bond donors (Lipinski definition) is 1. The maximum absolute atomic E-state index is 13.1. The van der Waals surface area contributed by atoms with Crippen LogP contribution in [0.1, 0.15) is 40.1 Å². The van der Waals surface area contributed by atoms with Crippen molar-refractivity contribution in [3.05, 3.63) is 77.5 Å². The van der Waals surface area contributed by atoms with Crippen LogP contribution in [0.15, 0.2) is 55.1 Å². The van der Waals surface area contributed by atoms with Gasteiger partial charge >= 0.3 is 0 Å². The molecule has 6 heteroatoms. The first-order valence-corrected chi connectivity index (χ1v) is 9.26. The van der Waals surface area contributed by atoms with Crippen LogP contribution in [0.3, 0.4) is 0 Å². The Bertz CT molecular complexity index is 1130. The number of carbonyl (C=O) groups is 1. The molecule has 1 amide bonds. The molecule has 2 aromatic carbocycles. The van der Waals surface area contributed by atoms with Crippen LogP contribution < -0.4 is 0 Å². The largest absolute Gasteiger partial charge is 0.358 e. The number of carbonyl (C=O) groups excluding carboxylic acids is 1. The molecule has 2 aromatic heterocycles. The summed E-state index contributed by atoms with van der Waals surface area (Å²) in [6.45, 7) is 6.16. The molecule has 142 valence electrons. The Morgan fingerprint density at radius 2 is 1.89 bits per heavy atom. The summed E-state index contributed by atoms with van der Waals surface area (Å²) in [5.41, 5.74) is 6.08. The number of benzene rings is 2. The lowest BCUT2D eigenvalue weighted by Crippen LogP contribution is -2.29. The van der Waals surface area contributed by atoms with Crippen LogP contribution in [0, 0.1) is 13.8 Å². The molecule has 4 rings (SSSR count). The summed E-state index contributed by atoms with van der Waals surface area (Å²) >= 11 is 0. The summed E-state index contributed by atoms with van der Waals surface area (Å²) in [5.74, 6) is 0.00741.